The van der Waals surface area contributed by atoms with Crippen LogP contribution in [-0.4, -0.2) is 61.3 Å². The summed E-state index contributed by atoms with van der Waals surface area (Å²) in [7, 11) is 3.19. The van der Waals surface area contributed by atoms with Crippen molar-refractivity contribution >= 4 is 17.7 Å². The zero-order valence-electron chi connectivity index (χ0n) is 18.4. The summed E-state index contributed by atoms with van der Waals surface area (Å²) < 4.78 is 15.6. The summed E-state index contributed by atoms with van der Waals surface area (Å²) >= 11 is 0. The van der Waals surface area contributed by atoms with E-state index in [0.717, 1.165) is 29.9 Å². The Morgan fingerprint density at radius 3 is 2.34 bits per heavy atom. The van der Waals surface area contributed by atoms with E-state index in [1.165, 1.54) is 0 Å². The molecular weight excluding hydrogens is 408 g/mol. The summed E-state index contributed by atoms with van der Waals surface area (Å²) in [5.41, 5.74) is 2.91. The lowest BCUT2D eigenvalue weighted by Gasteiger charge is -2.35. The van der Waals surface area contributed by atoms with Crippen molar-refractivity contribution < 1.29 is 18.8 Å². The summed E-state index contributed by atoms with van der Waals surface area (Å²) in [6.07, 6.45) is 3.41. The highest BCUT2D eigenvalue weighted by Gasteiger charge is 2.20. The summed E-state index contributed by atoms with van der Waals surface area (Å²) in [6, 6.07) is 13.6. The fraction of sp³-hybridized carbons (Fsp3) is 0.292. The standard InChI is InChI=1S/C24H26N4O4/c1-17-25-24(26-32-17)19-6-8-20(9-7-19)27-12-14-28(15-13-27)23(29)11-5-18-4-10-21(30-2)22(16-18)31-3/h4-11,16H,12-15H2,1-3H3. The van der Waals surface area contributed by atoms with Crippen molar-refractivity contribution in [3.8, 4) is 22.9 Å². The van der Waals surface area contributed by atoms with Gasteiger partial charge in [-0.25, -0.2) is 0 Å². The summed E-state index contributed by atoms with van der Waals surface area (Å²) in [4.78, 5) is 21.0. The number of anilines is 1. The van der Waals surface area contributed by atoms with Gasteiger partial charge in [-0.15, -0.1) is 0 Å². The largest absolute Gasteiger partial charge is 0.493 e. The topological polar surface area (TPSA) is 80.9 Å². The summed E-state index contributed by atoms with van der Waals surface area (Å²) in [6.45, 7) is 4.66. The van der Waals surface area contributed by atoms with Gasteiger partial charge < -0.3 is 23.8 Å². The van der Waals surface area contributed by atoms with Gasteiger partial charge in [0.1, 0.15) is 0 Å². The third-order valence-electron chi connectivity index (χ3n) is 5.44. The average molecular weight is 434 g/mol. The zero-order chi connectivity index (χ0) is 22.5. The molecule has 2 aromatic carbocycles. The van der Waals surface area contributed by atoms with Gasteiger partial charge in [-0.2, -0.15) is 4.98 Å². The van der Waals surface area contributed by atoms with Gasteiger partial charge in [0, 0.05) is 50.4 Å². The third kappa shape index (κ3) is 4.74. The van der Waals surface area contributed by atoms with E-state index in [4.69, 9.17) is 14.0 Å². The molecule has 0 atom stereocenters. The van der Waals surface area contributed by atoms with Gasteiger partial charge in [0.25, 0.3) is 0 Å². The molecule has 3 aromatic rings. The third-order valence-corrected chi connectivity index (χ3v) is 5.44. The molecule has 2 heterocycles. The van der Waals surface area contributed by atoms with Crippen LogP contribution in [0.5, 0.6) is 11.5 Å². The lowest BCUT2D eigenvalue weighted by Crippen LogP contribution is -2.48. The Kier molecular flexibility index (Phi) is 6.39. The fourth-order valence-corrected chi connectivity index (χ4v) is 3.65. The molecule has 4 rings (SSSR count). The number of piperazine rings is 1. The molecule has 0 N–H and O–H groups in total. The molecule has 0 radical (unpaired) electrons. The Morgan fingerprint density at radius 2 is 1.72 bits per heavy atom. The first-order valence-electron chi connectivity index (χ1n) is 10.4. The van der Waals surface area contributed by atoms with Gasteiger partial charge in [0.2, 0.25) is 17.6 Å². The van der Waals surface area contributed by atoms with E-state index >= 15 is 0 Å². The number of rotatable bonds is 6. The predicted octanol–water partition coefficient (Wildman–Crippen LogP) is 3.42. The van der Waals surface area contributed by atoms with Crippen LogP contribution in [-0.2, 0) is 4.79 Å². The molecule has 32 heavy (non-hydrogen) atoms. The number of nitrogens with zero attached hydrogens (tertiary/aromatic N) is 4. The van der Waals surface area contributed by atoms with E-state index in [-0.39, 0.29) is 5.91 Å². The van der Waals surface area contributed by atoms with E-state index in [9.17, 15) is 4.79 Å². The van der Waals surface area contributed by atoms with Crippen LogP contribution in [0.1, 0.15) is 11.5 Å². The first-order chi connectivity index (χ1) is 15.6. The molecule has 0 unspecified atom stereocenters. The van der Waals surface area contributed by atoms with Crippen molar-refractivity contribution in [2.45, 2.75) is 6.92 Å². The normalized spacial score (nSPS) is 14.1. The quantitative estimate of drug-likeness (QED) is 0.550. The molecule has 0 aliphatic carbocycles. The summed E-state index contributed by atoms with van der Waals surface area (Å²) in [5.74, 6) is 2.43. The minimum atomic E-state index is 0.00209. The van der Waals surface area contributed by atoms with Crippen LogP contribution < -0.4 is 14.4 Å². The number of ether oxygens (including phenoxy) is 2. The van der Waals surface area contributed by atoms with Crippen molar-refractivity contribution in [1.82, 2.24) is 15.0 Å². The van der Waals surface area contributed by atoms with E-state index in [1.807, 2.05) is 35.2 Å². The van der Waals surface area contributed by atoms with Crippen LogP contribution >= 0.6 is 0 Å². The lowest BCUT2D eigenvalue weighted by molar-refractivity contribution is -0.126. The van der Waals surface area contributed by atoms with Crippen LogP contribution in [0.15, 0.2) is 53.1 Å². The number of methoxy groups -OCH3 is 2. The van der Waals surface area contributed by atoms with E-state index in [1.54, 1.807) is 33.3 Å². The number of benzene rings is 2. The maximum atomic E-state index is 12.6. The molecule has 1 aliphatic heterocycles. The van der Waals surface area contributed by atoms with Crippen molar-refractivity contribution in [2.24, 2.45) is 0 Å². The zero-order valence-corrected chi connectivity index (χ0v) is 18.4. The first-order valence-corrected chi connectivity index (χ1v) is 10.4. The maximum Gasteiger partial charge on any atom is 0.246 e. The molecule has 1 aromatic heterocycles. The van der Waals surface area contributed by atoms with Gasteiger partial charge in [0.15, 0.2) is 11.5 Å². The monoisotopic (exact) mass is 434 g/mol. The number of amides is 1. The van der Waals surface area contributed by atoms with Crippen LogP contribution in [0.3, 0.4) is 0 Å². The highest BCUT2D eigenvalue weighted by atomic mass is 16.5. The van der Waals surface area contributed by atoms with Crippen molar-refractivity contribution in [1.29, 1.82) is 0 Å². The number of carbonyl (C=O) groups is 1. The Bertz CT molecular complexity index is 1100. The number of aromatic nitrogens is 2. The van der Waals surface area contributed by atoms with Crippen molar-refractivity contribution in [2.75, 3.05) is 45.3 Å². The molecule has 0 bridgehead atoms. The molecule has 0 spiro atoms. The SMILES string of the molecule is COc1ccc(C=CC(=O)N2CCN(c3ccc(-c4noc(C)n4)cc3)CC2)cc1OC. The lowest BCUT2D eigenvalue weighted by atomic mass is 10.1. The van der Waals surface area contributed by atoms with E-state index in [2.05, 4.69) is 27.2 Å². The molecule has 1 aliphatic rings. The molecule has 0 saturated carbocycles. The Hall–Kier alpha value is -3.81. The minimum Gasteiger partial charge on any atom is -0.493 e. The summed E-state index contributed by atoms with van der Waals surface area (Å²) in [5, 5.41) is 3.95. The second-order valence-corrected chi connectivity index (χ2v) is 7.44. The average Bonchev–Trinajstić information content (AvgIpc) is 3.28. The number of carbonyl (C=O) groups excluding carboxylic acids is 1. The smallest absolute Gasteiger partial charge is 0.246 e. The molecule has 8 heteroatoms. The molecule has 1 saturated heterocycles. The highest BCUT2D eigenvalue weighted by molar-refractivity contribution is 5.92. The van der Waals surface area contributed by atoms with Gasteiger partial charge in [0.05, 0.1) is 14.2 Å². The molecule has 1 amide bonds. The van der Waals surface area contributed by atoms with E-state index < -0.39 is 0 Å². The maximum absolute atomic E-state index is 12.6. The molecular formula is C24H26N4O4. The van der Waals surface area contributed by atoms with Gasteiger partial charge in [-0.3, -0.25) is 4.79 Å². The number of aryl methyl sites for hydroxylation is 1. The van der Waals surface area contributed by atoms with E-state index in [0.29, 0.717) is 36.3 Å². The van der Waals surface area contributed by atoms with Crippen LogP contribution in [0.25, 0.3) is 17.5 Å². The number of hydrogen-bond donors (Lipinski definition) is 0. The Labute approximate surface area is 187 Å². The van der Waals surface area contributed by atoms with Crippen molar-refractivity contribution in [3.63, 3.8) is 0 Å². The van der Waals surface area contributed by atoms with Crippen molar-refractivity contribution in [3.05, 3.63) is 60.0 Å². The Balaban J connectivity index is 1.33. The van der Waals surface area contributed by atoms with Gasteiger partial charge >= 0.3 is 0 Å². The Morgan fingerprint density at radius 1 is 1.00 bits per heavy atom. The predicted molar refractivity (Wildman–Crippen MR) is 122 cm³/mol. The molecule has 1 fully saturated rings. The van der Waals surface area contributed by atoms with Crippen LogP contribution in [0, 0.1) is 6.92 Å². The second kappa shape index (κ2) is 9.55. The fourth-order valence-electron chi connectivity index (χ4n) is 3.65. The molecule has 166 valence electrons. The minimum absolute atomic E-state index is 0.00209. The van der Waals surface area contributed by atoms with Gasteiger partial charge in [-0.1, -0.05) is 11.2 Å². The first kappa shape index (κ1) is 21.4. The highest BCUT2D eigenvalue weighted by Crippen LogP contribution is 2.28. The second-order valence-electron chi connectivity index (χ2n) is 7.44. The van der Waals surface area contributed by atoms with Crippen LogP contribution in [0.4, 0.5) is 5.69 Å². The van der Waals surface area contributed by atoms with Gasteiger partial charge in [-0.05, 0) is 48.0 Å². The van der Waals surface area contributed by atoms with Crippen LogP contribution in [0.2, 0.25) is 0 Å². The molecule has 8 nitrogen and oxygen atoms in total. The number of hydrogen-bond acceptors (Lipinski definition) is 7.